The second kappa shape index (κ2) is 7.09. The van der Waals surface area contributed by atoms with Gasteiger partial charge in [-0.05, 0) is 37.3 Å². The minimum Gasteiger partial charge on any atom is -0.461 e. The lowest BCUT2D eigenvalue weighted by Gasteiger charge is -2.22. The van der Waals surface area contributed by atoms with E-state index in [2.05, 4.69) is 5.10 Å². The highest BCUT2D eigenvalue weighted by atomic mass is 35.5. The number of fused-ring (bicyclic) bond motifs is 1. The van der Waals surface area contributed by atoms with Gasteiger partial charge in [0, 0.05) is 5.02 Å². The molecule has 2 unspecified atom stereocenters. The quantitative estimate of drug-likeness (QED) is 0.585. The standard InChI is InChI=1S/C20H16ClN3O4/c1-2-28-20(27)16-15-17(24(22-16)13-8-4-3-5-9-13)19(26)23(18(15)25)14-10-6-7-12(21)11-14/h3-11,15,17H,2H2,1H3. The summed E-state index contributed by atoms with van der Waals surface area (Å²) in [4.78, 5) is 39.9. The van der Waals surface area contributed by atoms with Gasteiger partial charge in [-0.2, -0.15) is 5.10 Å². The Bertz CT molecular complexity index is 992. The molecule has 2 aromatic carbocycles. The molecule has 0 aliphatic carbocycles. The molecule has 0 aromatic heterocycles. The van der Waals surface area contributed by atoms with Crippen LogP contribution in [0.1, 0.15) is 6.92 Å². The average molecular weight is 398 g/mol. The summed E-state index contributed by atoms with van der Waals surface area (Å²) in [6.45, 7) is 1.81. The Labute approximate surface area is 166 Å². The van der Waals surface area contributed by atoms with Crippen molar-refractivity contribution in [2.75, 3.05) is 16.5 Å². The van der Waals surface area contributed by atoms with E-state index in [1.165, 1.54) is 11.1 Å². The van der Waals surface area contributed by atoms with E-state index in [1.54, 1.807) is 49.4 Å². The summed E-state index contributed by atoms with van der Waals surface area (Å²) in [6, 6.07) is 14.4. The van der Waals surface area contributed by atoms with Gasteiger partial charge in [-0.25, -0.2) is 9.69 Å². The number of hydrogen-bond donors (Lipinski definition) is 0. The third-order valence-corrected chi connectivity index (χ3v) is 4.86. The van der Waals surface area contributed by atoms with E-state index < -0.39 is 29.7 Å². The van der Waals surface area contributed by atoms with Crippen LogP contribution in [-0.2, 0) is 19.1 Å². The molecule has 7 nitrogen and oxygen atoms in total. The number of hydrazone groups is 1. The highest BCUT2D eigenvalue weighted by molar-refractivity contribution is 6.47. The van der Waals surface area contributed by atoms with E-state index in [1.807, 2.05) is 6.07 Å². The number of hydrogen-bond acceptors (Lipinski definition) is 6. The molecule has 0 saturated carbocycles. The molecule has 2 atom stereocenters. The van der Waals surface area contributed by atoms with Crippen LogP contribution in [0.15, 0.2) is 59.7 Å². The molecule has 8 heteroatoms. The Morgan fingerprint density at radius 2 is 1.79 bits per heavy atom. The van der Waals surface area contributed by atoms with Gasteiger partial charge < -0.3 is 4.74 Å². The van der Waals surface area contributed by atoms with Crippen LogP contribution in [0.4, 0.5) is 11.4 Å². The van der Waals surface area contributed by atoms with Crippen molar-refractivity contribution in [2.45, 2.75) is 13.0 Å². The second-order valence-electron chi connectivity index (χ2n) is 6.30. The predicted molar refractivity (Wildman–Crippen MR) is 104 cm³/mol. The van der Waals surface area contributed by atoms with E-state index >= 15 is 0 Å². The SMILES string of the molecule is CCOC(=O)C1=NN(c2ccccc2)C2C(=O)N(c3cccc(Cl)c3)C(=O)C12. The van der Waals surface area contributed by atoms with Crippen LogP contribution < -0.4 is 9.91 Å². The molecule has 1 saturated heterocycles. The zero-order chi connectivity index (χ0) is 19.8. The van der Waals surface area contributed by atoms with Gasteiger partial charge in [-0.1, -0.05) is 35.9 Å². The highest BCUT2D eigenvalue weighted by Gasteiger charge is 2.59. The molecule has 0 radical (unpaired) electrons. The number of amides is 2. The number of carbonyl (C=O) groups excluding carboxylic acids is 3. The topological polar surface area (TPSA) is 79.3 Å². The first-order valence-corrected chi connectivity index (χ1v) is 9.14. The van der Waals surface area contributed by atoms with Crippen molar-refractivity contribution in [3.05, 3.63) is 59.6 Å². The van der Waals surface area contributed by atoms with Crippen molar-refractivity contribution in [1.82, 2.24) is 0 Å². The molecule has 1 fully saturated rings. The molecular formula is C20H16ClN3O4. The molecule has 0 bridgehead atoms. The number of halogens is 1. The first-order valence-electron chi connectivity index (χ1n) is 8.76. The number of ether oxygens (including phenoxy) is 1. The summed E-state index contributed by atoms with van der Waals surface area (Å²) in [7, 11) is 0. The van der Waals surface area contributed by atoms with Crippen LogP contribution in [0, 0.1) is 5.92 Å². The summed E-state index contributed by atoms with van der Waals surface area (Å²) in [5.41, 5.74) is 0.887. The van der Waals surface area contributed by atoms with Gasteiger partial charge >= 0.3 is 5.97 Å². The van der Waals surface area contributed by atoms with Crippen molar-refractivity contribution < 1.29 is 19.1 Å². The van der Waals surface area contributed by atoms with Crippen LogP contribution in [0.5, 0.6) is 0 Å². The Balaban J connectivity index is 1.79. The van der Waals surface area contributed by atoms with E-state index in [0.29, 0.717) is 16.4 Å². The third kappa shape index (κ3) is 2.84. The van der Waals surface area contributed by atoms with Gasteiger partial charge in [0.15, 0.2) is 5.71 Å². The summed E-state index contributed by atoms with van der Waals surface area (Å²) in [5, 5.41) is 6.10. The zero-order valence-corrected chi connectivity index (χ0v) is 15.7. The van der Waals surface area contributed by atoms with Crippen LogP contribution >= 0.6 is 11.6 Å². The van der Waals surface area contributed by atoms with Gasteiger partial charge in [-0.15, -0.1) is 0 Å². The maximum absolute atomic E-state index is 13.2. The lowest BCUT2D eigenvalue weighted by atomic mass is 9.98. The van der Waals surface area contributed by atoms with Crippen molar-refractivity contribution in [3.8, 4) is 0 Å². The third-order valence-electron chi connectivity index (χ3n) is 4.62. The van der Waals surface area contributed by atoms with Crippen LogP contribution in [0.2, 0.25) is 5.02 Å². The van der Waals surface area contributed by atoms with Crippen molar-refractivity contribution in [3.63, 3.8) is 0 Å². The molecule has 4 rings (SSSR count). The Morgan fingerprint density at radius 3 is 2.46 bits per heavy atom. The molecule has 2 aliphatic rings. The fraction of sp³-hybridized carbons (Fsp3) is 0.200. The first kappa shape index (κ1) is 18.2. The minimum absolute atomic E-state index is 0.0708. The van der Waals surface area contributed by atoms with Crippen molar-refractivity contribution in [2.24, 2.45) is 11.0 Å². The molecule has 28 heavy (non-hydrogen) atoms. The van der Waals surface area contributed by atoms with Crippen molar-refractivity contribution >= 4 is 46.5 Å². The molecule has 2 aliphatic heterocycles. The largest absolute Gasteiger partial charge is 0.461 e. The number of esters is 1. The summed E-state index contributed by atoms with van der Waals surface area (Å²) < 4.78 is 5.06. The predicted octanol–water partition coefficient (Wildman–Crippen LogP) is 2.64. The van der Waals surface area contributed by atoms with Crippen LogP contribution in [0.25, 0.3) is 0 Å². The summed E-state index contributed by atoms with van der Waals surface area (Å²) >= 11 is 6.03. The second-order valence-corrected chi connectivity index (χ2v) is 6.74. The number of para-hydroxylation sites is 1. The fourth-order valence-corrected chi connectivity index (χ4v) is 3.64. The number of benzene rings is 2. The van der Waals surface area contributed by atoms with E-state index in [4.69, 9.17) is 16.3 Å². The normalized spacial score (nSPS) is 21.0. The zero-order valence-electron chi connectivity index (χ0n) is 14.9. The molecule has 142 valence electrons. The molecular weight excluding hydrogens is 382 g/mol. The molecule has 0 N–H and O–H groups in total. The van der Waals surface area contributed by atoms with Gasteiger partial charge in [0.25, 0.3) is 5.91 Å². The lowest BCUT2D eigenvalue weighted by Crippen LogP contribution is -2.39. The monoisotopic (exact) mass is 397 g/mol. The highest BCUT2D eigenvalue weighted by Crippen LogP contribution is 2.38. The number of anilines is 2. The summed E-state index contributed by atoms with van der Waals surface area (Å²) in [6.07, 6.45) is 0. The number of imide groups is 1. The average Bonchev–Trinajstić information content (AvgIpc) is 3.20. The minimum atomic E-state index is -1.04. The maximum Gasteiger partial charge on any atom is 0.355 e. The Kier molecular flexibility index (Phi) is 4.60. The lowest BCUT2D eigenvalue weighted by molar-refractivity contribution is -0.136. The molecule has 0 spiro atoms. The van der Waals surface area contributed by atoms with Gasteiger partial charge in [0.05, 0.1) is 18.0 Å². The van der Waals surface area contributed by atoms with Crippen LogP contribution in [0.3, 0.4) is 0 Å². The number of rotatable bonds is 4. The fourth-order valence-electron chi connectivity index (χ4n) is 3.45. The van der Waals surface area contributed by atoms with Gasteiger partial charge in [0.2, 0.25) is 5.91 Å². The van der Waals surface area contributed by atoms with E-state index in [9.17, 15) is 14.4 Å². The van der Waals surface area contributed by atoms with E-state index in [-0.39, 0.29) is 12.3 Å². The first-order chi connectivity index (χ1) is 13.5. The smallest absolute Gasteiger partial charge is 0.355 e. The molecule has 2 amide bonds. The Hall–Kier alpha value is -3.19. The number of nitrogens with zero attached hydrogens (tertiary/aromatic N) is 3. The summed E-state index contributed by atoms with van der Waals surface area (Å²) in [5.74, 6) is -2.73. The molecule has 2 heterocycles. The number of carbonyl (C=O) groups is 3. The Morgan fingerprint density at radius 1 is 1.07 bits per heavy atom. The van der Waals surface area contributed by atoms with Crippen molar-refractivity contribution in [1.29, 1.82) is 0 Å². The van der Waals surface area contributed by atoms with Gasteiger partial charge in [0.1, 0.15) is 12.0 Å². The maximum atomic E-state index is 13.2. The molecule has 2 aromatic rings. The van der Waals surface area contributed by atoms with E-state index in [0.717, 1.165) is 4.90 Å². The van der Waals surface area contributed by atoms with Gasteiger partial charge in [-0.3, -0.25) is 14.6 Å². The van der Waals surface area contributed by atoms with Crippen LogP contribution in [-0.4, -0.2) is 36.1 Å².